The third kappa shape index (κ3) is 1.67. The summed E-state index contributed by atoms with van der Waals surface area (Å²) < 4.78 is 10.0. The Morgan fingerprint density at radius 2 is 1.71 bits per heavy atom. The van der Waals surface area contributed by atoms with Gasteiger partial charge in [-0.1, -0.05) is 0 Å². The average Bonchev–Trinajstić information content (AvgIpc) is 3.10. The van der Waals surface area contributed by atoms with E-state index in [1.54, 1.807) is 12.1 Å². The van der Waals surface area contributed by atoms with Crippen molar-refractivity contribution < 1.29 is 24.5 Å². The van der Waals surface area contributed by atoms with E-state index in [0.717, 1.165) is 0 Å². The fourth-order valence-electron chi connectivity index (χ4n) is 1.92. The molecular formula is C12H14O5. The second kappa shape index (κ2) is 3.84. The van der Waals surface area contributed by atoms with E-state index in [4.69, 9.17) is 9.47 Å². The molecule has 1 aromatic rings. The summed E-state index contributed by atoms with van der Waals surface area (Å²) in [5.74, 6) is -0.508. The van der Waals surface area contributed by atoms with Crippen molar-refractivity contribution in [2.75, 3.05) is 14.2 Å². The van der Waals surface area contributed by atoms with Crippen LogP contribution < -0.4 is 9.47 Å². The van der Waals surface area contributed by atoms with Gasteiger partial charge in [0, 0.05) is 0 Å². The second-order valence-corrected chi connectivity index (χ2v) is 4.12. The third-order valence-electron chi connectivity index (χ3n) is 3.19. The maximum Gasteiger partial charge on any atom is 0.314 e. The smallest absolute Gasteiger partial charge is 0.314 e. The first-order valence-corrected chi connectivity index (χ1v) is 5.24. The maximum absolute atomic E-state index is 11.2. The minimum atomic E-state index is -0.854. The zero-order valence-electron chi connectivity index (χ0n) is 9.69. The molecular weight excluding hydrogens is 224 g/mol. The van der Waals surface area contributed by atoms with Gasteiger partial charge in [-0.25, -0.2) is 0 Å². The first kappa shape index (κ1) is 11.6. The summed E-state index contributed by atoms with van der Waals surface area (Å²) >= 11 is 0. The molecule has 0 aliphatic heterocycles. The van der Waals surface area contributed by atoms with Crippen molar-refractivity contribution in [3.8, 4) is 17.2 Å². The molecule has 0 unspecified atom stereocenters. The lowest BCUT2D eigenvalue weighted by Crippen LogP contribution is -2.19. The fraction of sp³-hybridized carbons (Fsp3) is 0.417. The molecule has 1 saturated carbocycles. The van der Waals surface area contributed by atoms with Crippen LogP contribution in [0.25, 0.3) is 0 Å². The largest absolute Gasteiger partial charge is 0.502 e. The molecule has 1 aliphatic rings. The van der Waals surface area contributed by atoms with E-state index < -0.39 is 11.4 Å². The van der Waals surface area contributed by atoms with Crippen molar-refractivity contribution in [2.24, 2.45) is 0 Å². The first-order valence-electron chi connectivity index (χ1n) is 5.24. The van der Waals surface area contributed by atoms with Crippen LogP contribution in [-0.2, 0) is 10.2 Å². The second-order valence-electron chi connectivity index (χ2n) is 4.12. The average molecular weight is 238 g/mol. The zero-order valence-corrected chi connectivity index (χ0v) is 9.69. The normalized spacial score (nSPS) is 16.4. The number of hydrogen-bond acceptors (Lipinski definition) is 4. The molecule has 0 heterocycles. The van der Waals surface area contributed by atoms with E-state index >= 15 is 0 Å². The summed E-state index contributed by atoms with van der Waals surface area (Å²) in [7, 11) is 2.83. The molecule has 0 amide bonds. The highest BCUT2D eigenvalue weighted by Gasteiger charge is 2.52. The number of phenols is 1. The van der Waals surface area contributed by atoms with Crippen molar-refractivity contribution in [1.29, 1.82) is 0 Å². The number of benzene rings is 1. The van der Waals surface area contributed by atoms with Crippen LogP contribution in [0.4, 0.5) is 0 Å². The number of carbonyl (C=O) groups is 1. The van der Waals surface area contributed by atoms with Crippen LogP contribution in [0.15, 0.2) is 12.1 Å². The van der Waals surface area contributed by atoms with Gasteiger partial charge in [-0.3, -0.25) is 4.79 Å². The van der Waals surface area contributed by atoms with Crippen LogP contribution in [0.3, 0.4) is 0 Å². The number of aromatic hydroxyl groups is 1. The van der Waals surface area contributed by atoms with Gasteiger partial charge in [0.2, 0.25) is 5.75 Å². The summed E-state index contributed by atoms with van der Waals surface area (Å²) in [4.78, 5) is 11.2. The van der Waals surface area contributed by atoms with Crippen LogP contribution in [0, 0.1) is 0 Å². The Balaban J connectivity index is 2.53. The van der Waals surface area contributed by atoms with E-state index in [9.17, 15) is 15.0 Å². The molecule has 17 heavy (non-hydrogen) atoms. The summed E-state index contributed by atoms with van der Waals surface area (Å²) in [6.07, 6.45) is 1.19. The molecule has 0 bridgehead atoms. The topological polar surface area (TPSA) is 76.0 Å². The number of carboxylic acids is 1. The van der Waals surface area contributed by atoms with Crippen molar-refractivity contribution in [1.82, 2.24) is 0 Å². The van der Waals surface area contributed by atoms with Crippen molar-refractivity contribution in [2.45, 2.75) is 18.3 Å². The number of hydrogen-bond donors (Lipinski definition) is 2. The molecule has 5 heteroatoms. The molecule has 1 aromatic carbocycles. The van der Waals surface area contributed by atoms with Gasteiger partial charge >= 0.3 is 5.97 Å². The summed E-state index contributed by atoms with van der Waals surface area (Å²) in [5.41, 5.74) is -0.231. The van der Waals surface area contributed by atoms with E-state index in [2.05, 4.69) is 0 Å². The van der Waals surface area contributed by atoms with Gasteiger partial charge in [0.05, 0.1) is 19.6 Å². The van der Waals surface area contributed by atoms with E-state index in [1.807, 2.05) is 0 Å². The third-order valence-corrected chi connectivity index (χ3v) is 3.19. The first-order chi connectivity index (χ1) is 8.05. The van der Waals surface area contributed by atoms with Crippen molar-refractivity contribution in [3.63, 3.8) is 0 Å². The molecule has 0 spiro atoms. The molecule has 2 N–H and O–H groups in total. The van der Waals surface area contributed by atoms with Crippen LogP contribution >= 0.6 is 0 Å². The predicted octanol–water partition coefficient (Wildman–Crippen LogP) is 1.53. The lowest BCUT2D eigenvalue weighted by Gasteiger charge is -2.15. The maximum atomic E-state index is 11.2. The minimum Gasteiger partial charge on any atom is -0.502 e. The number of ether oxygens (including phenoxy) is 2. The highest BCUT2D eigenvalue weighted by Crippen LogP contribution is 2.51. The number of carboxylic acid groups (broad SMARTS) is 1. The number of rotatable bonds is 4. The molecule has 92 valence electrons. The Bertz CT molecular complexity index is 437. The number of methoxy groups -OCH3 is 2. The van der Waals surface area contributed by atoms with Crippen LogP contribution in [0.5, 0.6) is 17.2 Å². The van der Waals surface area contributed by atoms with E-state index in [-0.39, 0.29) is 17.2 Å². The quantitative estimate of drug-likeness (QED) is 0.831. The molecule has 2 rings (SSSR count). The van der Waals surface area contributed by atoms with Crippen molar-refractivity contribution >= 4 is 5.97 Å². The van der Waals surface area contributed by atoms with E-state index in [1.165, 1.54) is 14.2 Å². The molecule has 0 saturated heterocycles. The van der Waals surface area contributed by atoms with Gasteiger partial charge in [0.25, 0.3) is 0 Å². The summed E-state index contributed by atoms with van der Waals surface area (Å²) in [5, 5.41) is 19.0. The van der Waals surface area contributed by atoms with Gasteiger partial charge in [-0.2, -0.15) is 0 Å². The van der Waals surface area contributed by atoms with Gasteiger partial charge in [-0.05, 0) is 30.5 Å². The fourth-order valence-corrected chi connectivity index (χ4v) is 1.92. The number of phenolic OH excluding ortho intramolecular Hbond substituents is 1. The van der Waals surface area contributed by atoms with E-state index in [0.29, 0.717) is 18.4 Å². The highest BCUT2D eigenvalue weighted by atomic mass is 16.5. The number of aliphatic carboxylic acids is 1. The Morgan fingerprint density at radius 3 is 2.00 bits per heavy atom. The van der Waals surface area contributed by atoms with Gasteiger partial charge in [-0.15, -0.1) is 0 Å². The molecule has 0 atom stereocenters. The standard InChI is InChI=1S/C12H14O5/c1-16-8-5-7(6-9(17-2)10(8)13)12(3-4-12)11(14)15/h5-6,13H,3-4H2,1-2H3,(H,14,15). The molecule has 1 aliphatic carbocycles. The van der Waals surface area contributed by atoms with Crippen LogP contribution in [0.2, 0.25) is 0 Å². The summed E-state index contributed by atoms with van der Waals surface area (Å²) in [6.45, 7) is 0. The Morgan fingerprint density at radius 1 is 1.24 bits per heavy atom. The highest BCUT2D eigenvalue weighted by molar-refractivity contribution is 5.85. The van der Waals surface area contributed by atoms with Crippen LogP contribution in [0.1, 0.15) is 18.4 Å². The molecule has 0 radical (unpaired) electrons. The predicted molar refractivity (Wildman–Crippen MR) is 59.8 cm³/mol. The lowest BCUT2D eigenvalue weighted by atomic mass is 9.95. The van der Waals surface area contributed by atoms with Gasteiger partial charge < -0.3 is 19.7 Å². The van der Waals surface area contributed by atoms with Gasteiger partial charge in [0.1, 0.15) is 0 Å². The zero-order chi connectivity index (χ0) is 12.6. The summed E-state index contributed by atoms with van der Waals surface area (Å²) in [6, 6.07) is 3.11. The Labute approximate surface area is 98.6 Å². The molecule has 1 fully saturated rings. The SMILES string of the molecule is COc1cc(C2(C(=O)O)CC2)cc(OC)c1O. The molecule has 0 aromatic heterocycles. The van der Waals surface area contributed by atoms with Crippen molar-refractivity contribution in [3.05, 3.63) is 17.7 Å². The Hall–Kier alpha value is -1.91. The van der Waals surface area contributed by atoms with Crippen LogP contribution in [-0.4, -0.2) is 30.4 Å². The monoisotopic (exact) mass is 238 g/mol. The minimum absolute atomic E-state index is 0.111. The van der Waals surface area contributed by atoms with Gasteiger partial charge in [0.15, 0.2) is 11.5 Å². The Kier molecular flexibility index (Phi) is 2.61. The molecule has 5 nitrogen and oxygen atoms in total. The lowest BCUT2D eigenvalue weighted by molar-refractivity contribution is -0.140.